The van der Waals surface area contributed by atoms with Crippen LogP contribution in [0.1, 0.15) is 78.0 Å². The summed E-state index contributed by atoms with van der Waals surface area (Å²) < 4.78 is 13.2. The predicted octanol–water partition coefficient (Wildman–Crippen LogP) is 6.97. The van der Waals surface area contributed by atoms with E-state index in [1.54, 1.807) is 12.4 Å². The Kier molecular flexibility index (Phi) is 6.64. The molecule has 5 heteroatoms. The van der Waals surface area contributed by atoms with Crippen LogP contribution in [0.2, 0.25) is 0 Å². The molecule has 36 heavy (non-hydrogen) atoms. The largest absolute Gasteiger partial charge is 0.489 e. The Labute approximate surface area is 212 Å². The summed E-state index contributed by atoms with van der Waals surface area (Å²) in [6.45, 7) is 6.67. The first kappa shape index (κ1) is 23.9. The molecule has 0 spiro atoms. The van der Waals surface area contributed by atoms with Gasteiger partial charge < -0.3 is 14.5 Å². The van der Waals surface area contributed by atoms with Gasteiger partial charge in [-0.15, -0.1) is 0 Å². The molecule has 184 valence electrons. The molecule has 0 saturated heterocycles. The smallest absolute Gasteiger partial charge is 0.188 e. The van der Waals surface area contributed by atoms with E-state index in [9.17, 15) is 4.79 Å². The van der Waals surface area contributed by atoms with Gasteiger partial charge in [-0.05, 0) is 61.1 Å². The van der Waals surface area contributed by atoms with Crippen molar-refractivity contribution in [1.29, 1.82) is 0 Å². The molecule has 5 nitrogen and oxygen atoms in total. The van der Waals surface area contributed by atoms with Crippen LogP contribution in [-0.4, -0.2) is 15.8 Å². The van der Waals surface area contributed by atoms with Crippen molar-refractivity contribution in [1.82, 2.24) is 9.97 Å². The van der Waals surface area contributed by atoms with Gasteiger partial charge in [0.05, 0.1) is 0 Å². The lowest BCUT2D eigenvalue weighted by atomic mass is 9.86. The molecule has 0 bridgehead atoms. The van der Waals surface area contributed by atoms with E-state index in [1.807, 2.05) is 61.5 Å². The third kappa shape index (κ3) is 4.66. The number of aromatic amines is 1. The highest BCUT2D eigenvalue weighted by atomic mass is 16.5. The number of benzene rings is 3. The molecule has 0 radical (unpaired) electrons. The molecule has 0 fully saturated rings. The molecular weight excluding hydrogens is 448 g/mol. The highest BCUT2D eigenvalue weighted by Crippen LogP contribution is 2.38. The minimum atomic E-state index is -0.857. The van der Waals surface area contributed by atoms with Gasteiger partial charge in [0.1, 0.15) is 18.1 Å². The molecule has 1 heterocycles. The molecule has 0 unspecified atom stereocenters. The number of rotatable bonds is 8. The van der Waals surface area contributed by atoms with Crippen molar-refractivity contribution in [2.75, 3.05) is 0 Å². The van der Waals surface area contributed by atoms with Crippen LogP contribution in [0.4, 0.5) is 0 Å². The second kappa shape index (κ2) is 10.0. The van der Waals surface area contributed by atoms with Crippen LogP contribution in [-0.2, 0) is 18.6 Å². The fourth-order valence-corrected chi connectivity index (χ4v) is 4.90. The van der Waals surface area contributed by atoms with Crippen molar-refractivity contribution in [3.8, 4) is 11.5 Å². The first-order valence-electron chi connectivity index (χ1n) is 12.6. The van der Waals surface area contributed by atoms with Crippen LogP contribution in [0, 0.1) is 0 Å². The monoisotopic (exact) mass is 480 g/mol. The number of H-pyrrole nitrogens is 1. The number of fused-ring (bicyclic) bond motifs is 1. The maximum Gasteiger partial charge on any atom is 0.188 e. The highest BCUT2D eigenvalue weighted by molar-refractivity contribution is 5.99. The molecule has 3 aromatic carbocycles. The van der Waals surface area contributed by atoms with Gasteiger partial charge in [-0.2, -0.15) is 0 Å². The maximum absolute atomic E-state index is 12.7. The van der Waals surface area contributed by atoms with Gasteiger partial charge >= 0.3 is 0 Å². The van der Waals surface area contributed by atoms with E-state index in [0.717, 1.165) is 40.8 Å². The SMILES string of the molecule is CC(C)c1cccc(OCc2c(O[C@@](C)(c3ccccc3)c3ncc[nH]3)ccc3c2CCCC3=O)c1. The molecule has 1 aromatic heterocycles. The summed E-state index contributed by atoms with van der Waals surface area (Å²) in [7, 11) is 0. The Bertz CT molecular complexity index is 1350. The number of Topliss-reactive ketones (excluding diaryl/α,β-unsaturated/α-hetero) is 1. The lowest BCUT2D eigenvalue weighted by molar-refractivity contribution is 0.0970. The number of nitrogens with zero attached hydrogens (tertiary/aromatic N) is 1. The van der Waals surface area contributed by atoms with Gasteiger partial charge in [-0.25, -0.2) is 4.98 Å². The minimum Gasteiger partial charge on any atom is -0.489 e. The molecule has 5 rings (SSSR count). The average molecular weight is 481 g/mol. The van der Waals surface area contributed by atoms with Crippen molar-refractivity contribution in [3.63, 3.8) is 0 Å². The lowest BCUT2D eigenvalue weighted by Gasteiger charge is -2.32. The zero-order valence-electron chi connectivity index (χ0n) is 21.1. The first-order chi connectivity index (χ1) is 17.5. The van der Waals surface area contributed by atoms with Crippen molar-refractivity contribution in [2.24, 2.45) is 0 Å². The van der Waals surface area contributed by atoms with Gasteiger partial charge in [0.25, 0.3) is 0 Å². The number of hydrogen-bond donors (Lipinski definition) is 1. The molecule has 1 aliphatic carbocycles. The summed E-state index contributed by atoms with van der Waals surface area (Å²) in [6.07, 6.45) is 5.78. The van der Waals surface area contributed by atoms with Crippen LogP contribution in [0.3, 0.4) is 0 Å². The lowest BCUT2D eigenvalue weighted by Crippen LogP contribution is -2.33. The number of carbonyl (C=O) groups excluding carboxylic acids is 1. The number of imidazole rings is 1. The second-order valence-electron chi connectivity index (χ2n) is 9.80. The van der Waals surface area contributed by atoms with E-state index in [1.165, 1.54) is 5.56 Å². The quantitative estimate of drug-likeness (QED) is 0.296. The van der Waals surface area contributed by atoms with E-state index in [4.69, 9.17) is 9.47 Å². The fourth-order valence-electron chi connectivity index (χ4n) is 4.90. The predicted molar refractivity (Wildman–Crippen MR) is 141 cm³/mol. The van der Waals surface area contributed by atoms with E-state index in [-0.39, 0.29) is 5.78 Å². The molecule has 0 aliphatic heterocycles. The standard InChI is InChI=1S/C31H32N2O3/c1-21(2)22-9-7-12-24(19-22)35-20-27-25-13-8-14-28(34)26(25)15-16-29(27)36-31(3,30-32-17-18-33-30)23-10-5-4-6-11-23/h4-7,9-12,15-19,21H,8,13-14,20H2,1-3H3,(H,32,33)/t31-/m0/s1. The Balaban J connectivity index is 1.56. The summed E-state index contributed by atoms with van der Waals surface area (Å²) in [5.74, 6) is 2.81. The molecule has 1 aliphatic rings. The van der Waals surface area contributed by atoms with Crippen molar-refractivity contribution >= 4 is 5.78 Å². The zero-order chi connectivity index (χ0) is 25.1. The minimum absolute atomic E-state index is 0.183. The van der Waals surface area contributed by atoms with Gasteiger partial charge in [0.15, 0.2) is 17.2 Å². The first-order valence-corrected chi connectivity index (χ1v) is 12.6. The highest BCUT2D eigenvalue weighted by Gasteiger charge is 2.35. The zero-order valence-corrected chi connectivity index (χ0v) is 21.1. The van der Waals surface area contributed by atoms with E-state index in [0.29, 0.717) is 30.5 Å². The summed E-state index contributed by atoms with van der Waals surface area (Å²) in [5, 5.41) is 0. The molecule has 1 atom stereocenters. The summed E-state index contributed by atoms with van der Waals surface area (Å²) >= 11 is 0. The summed E-state index contributed by atoms with van der Waals surface area (Å²) in [5.41, 5.74) is 4.07. The summed E-state index contributed by atoms with van der Waals surface area (Å²) in [4.78, 5) is 20.5. The van der Waals surface area contributed by atoms with Crippen molar-refractivity contribution in [2.45, 2.75) is 58.2 Å². The Morgan fingerprint density at radius 3 is 2.61 bits per heavy atom. The van der Waals surface area contributed by atoms with Crippen LogP contribution >= 0.6 is 0 Å². The third-order valence-electron chi connectivity index (χ3n) is 7.02. The van der Waals surface area contributed by atoms with Crippen LogP contribution in [0.25, 0.3) is 0 Å². The van der Waals surface area contributed by atoms with Gasteiger partial charge in [0, 0.05) is 35.5 Å². The number of ketones is 1. The molecule has 0 amide bonds. The Hall–Kier alpha value is -3.86. The molecule has 4 aromatic rings. The van der Waals surface area contributed by atoms with Crippen molar-refractivity contribution < 1.29 is 14.3 Å². The number of aromatic nitrogens is 2. The number of carbonyl (C=O) groups is 1. The van der Waals surface area contributed by atoms with E-state index < -0.39 is 5.60 Å². The molecular formula is C31H32N2O3. The second-order valence-corrected chi connectivity index (χ2v) is 9.80. The summed E-state index contributed by atoms with van der Waals surface area (Å²) in [6, 6.07) is 22.1. The number of nitrogens with one attached hydrogen (secondary N) is 1. The topological polar surface area (TPSA) is 64.2 Å². The Morgan fingerprint density at radius 1 is 1.03 bits per heavy atom. The molecule has 1 N–H and O–H groups in total. The third-order valence-corrected chi connectivity index (χ3v) is 7.02. The number of hydrogen-bond acceptors (Lipinski definition) is 4. The van der Waals surface area contributed by atoms with Crippen molar-refractivity contribution in [3.05, 3.63) is 113 Å². The average Bonchev–Trinajstić information content (AvgIpc) is 3.45. The fraction of sp³-hybridized carbons (Fsp3) is 0.290. The molecule has 0 saturated carbocycles. The van der Waals surface area contributed by atoms with E-state index in [2.05, 4.69) is 35.9 Å². The maximum atomic E-state index is 12.7. The number of ether oxygens (including phenoxy) is 2. The van der Waals surface area contributed by atoms with Gasteiger partial charge in [-0.3, -0.25) is 4.79 Å². The van der Waals surface area contributed by atoms with Gasteiger partial charge in [0.2, 0.25) is 0 Å². The van der Waals surface area contributed by atoms with Crippen LogP contribution in [0.15, 0.2) is 79.1 Å². The normalized spacial score (nSPS) is 14.8. The van der Waals surface area contributed by atoms with Crippen LogP contribution < -0.4 is 9.47 Å². The van der Waals surface area contributed by atoms with E-state index >= 15 is 0 Å². The van der Waals surface area contributed by atoms with Gasteiger partial charge in [-0.1, -0.05) is 56.3 Å². The van der Waals surface area contributed by atoms with Crippen LogP contribution in [0.5, 0.6) is 11.5 Å². The Morgan fingerprint density at radius 2 is 1.86 bits per heavy atom.